The zero-order chi connectivity index (χ0) is 39.9. The van der Waals surface area contributed by atoms with E-state index in [0.29, 0.717) is 0 Å². The highest BCUT2D eigenvalue weighted by molar-refractivity contribution is 7.20. The van der Waals surface area contributed by atoms with Crippen molar-refractivity contribution in [2.75, 3.05) is 6.16 Å². The minimum Gasteiger partial charge on any atom is -0.207 e. The summed E-state index contributed by atoms with van der Waals surface area (Å²) in [6.45, 7) is 2.25. The van der Waals surface area contributed by atoms with Gasteiger partial charge in [0.1, 0.15) is 52.7 Å². The van der Waals surface area contributed by atoms with E-state index in [9.17, 15) is 52.7 Å². The topological polar surface area (TPSA) is 0 Å². The average molecular weight is 798 g/mol. The van der Waals surface area contributed by atoms with E-state index in [2.05, 4.69) is 16.2 Å². The van der Waals surface area contributed by atoms with Gasteiger partial charge in [0.15, 0.2) is 69.8 Å². The molecule has 0 amide bonds. The summed E-state index contributed by atoms with van der Waals surface area (Å²) in [5, 5.41) is 0. The van der Waals surface area contributed by atoms with Gasteiger partial charge in [0.25, 0.3) is 0 Å². The first-order valence-electron chi connectivity index (χ1n) is 14.1. The van der Waals surface area contributed by atoms with Crippen LogP contribution in [0.3, 0.4) is 0 Å². The molecule has 22 heteroatoms. The fourth-order valence-electron chi connectivity index (χ4n) is 5.48. The standard InChI is InChI=1S/C24BF20.C6H15P/c26-5-1(6(27)14(35)21(42)13(5)34)25(2-7(28)15(36)22(43)16(37)8(2)29,3-9(30)17(38)23(44)18(39)10(3)31)4-11(32)19(40)24(45)20(41)12(4)33;1-2-3-4-5-6-7/h;2-7H2,1H3/q-1;/p+1. The number of benzene rings is 4. The number of unbranched alkanes of at least 4 members (excludes halogenated alkanes) is 3. The van der Waals surface area contributed by atoms with E-state index < -0.39 is 144 Å². The van der Waals surface area contributed by atoms with Gasteiger partial charge in [0.2, 0.25) is 0 Å². The van der Waals surface area contributed by atoms with Gasteiger partial charge in [0, 0.05) is 0 Å². The largest absolute Gasteiger partial charge is 0.207 e. The van der Waals surface area contributed by atoms with E-state index in [1.807, 2.05) is 0 Å². The average Bonchev–Trinajstić information content (AvgIpc) is 3.12. The molecule has 0 aromatic heterocycles. The molecule has 0 aliphatic rings. The molecule has 4 rings (SSSR count). The Bertz CT molecular complexity index is 1660. The summed E-state index contributed by atoms with van der Waals surface area (Å²) >= 11 is 0. The molecule has 0 spiro atoms. The second-order valence-electron chi connectivity index (χ2n) is 10.7. The van der Waals surface area contributed by atoms with E-state index in [-0.39, 0.29) is 0 Å². The Morgan fingerprint density at radius 3 is 0.615 bits per heavy atom. The highest BCUT2D eigenvalue weighted by Crippen LogP contribution is 2.30. The highest BCUT2D eigenvalue weighted by atomic mass is 31.0. The van der Waals surface area contributed by atoms with Crippen LogP contribution in [0.1, 0.15) is 32.6 Å². The summed E-state index contributed by atoms with van der Waals surface area (Å²) in [6.07, 6.45) is -0.154. The molecule has 0 nitrogen and oxygen atoms in total. The first kappa shape index (κ1) is 42.4. The lowest BCUT2D eigenvalue weighted by Gasteiger charge is -2.44. The van der Waals surface area contributed by atoms with Crippen molar-refractivity contribution in [2.45, 2.75) is 32.6 Å². The Labute approximate surface area is 280 Å². The second kappa shape index (κ2) is 15.9. The van der Waals surface area contributed by atoms with Crippen LogP contribution in [-0.4, -0.2) is 12.3 Å². The van der Waals surface area contributed by atoms with Crippen LogP contribution in [0.4, 0.5) is 87.8 Å². The molecule has 1 atom stereocenters. The third-order valence-corrected chi connectivity index (χ3v) is 8.31. The molecule has 0 bridgehead atoms. The van der Waals surface area contributed by atoms with Gasteiger partial charge in [-0.3, -0.25) is 0 Å². The normalized spacial score (nSPS) is 11.7. The van der Waals surface area contributed by atoms with Crippen molar-refractivity contribution in [3.05, 3.63) is 116 Å². The number of halogens is 20. The lowest BCUT2D eigenvalue weighted by atomic mass is 9.12. The summed E-state index contributed by atoms with van der Waals surface area (Å²) in [6, 6.07) is 0. The fraction of sp³-hybridized carbons (Fsp3) is 0.200. The molecule has 52 heavy (non-hydrogen) atoms. The van der Waals surface area contributed by atoms with Crippen LogP contribution in [0.15, 0.2) is 0 Å². The molecule has 0 fully saturated rings. The molecular weight excluding hydrogens is 782 g/mol. The van der Waals surface area contributed by atoms with Gasteiger partial charge in [-0.15, -0.1) is 21.9 Å². The summed E-state index contributed by atoms with van der Waals surface area (Å²) in [5.41, 5.74) is -14.3. The Morgan fingerprint density at radius 2 is 0.462 bits per heavy atom. The van der Waals surface area contributed by atoms with Crippen LogP contribution >= 0.6 is 9.24 Å². The minimum atomic E-state index is -7.22. The van der Waals surface area contributed by atoms with Gasteiger partial charge < -0.3 is 0 Å². The summed E-state index contributed by atoms with van der Waals surface area (Å²) < 4.78 is 294. The fourth-order valence-corrected chi connectivity index (χ4v) is 5.83. The Balaban J connectivity index is 0.000000944. The number of hydrogen-bond donors (Lipinski definition) is 0. The van der Waals surface area contributed by atoms with Gasteiger partial charge in [-0.2, -0.15) is 0 Å². The lowest BCUT2D eigenvalue weighted by Crippen LogP contribution is -2.81. The molecule has 4 aromatic rings. The number of hydrogen-bond acceptors (Lipinski definition) is 0. The smallest absolute Gasteiger partial charge is 0.200 e. The summed E-state index contributed by atoms with van der Waals surface area (Å²) in [4.78, 5) is 0. The maximum atomic E-state index is 15.4. The predicted octanol–water partition coefficient (Wildman–Crippen LogP) is 8.02. The van der Waals surface area contributed by atoms with Crippen molar-refractivity contribution in [3.63, 3.8) is 0 Å². The first-order valence-corrected chi connectivity index (χ1v) is 15.1. The van der Waals surface area contributed by atoms with E-state index in [0.717, 1.165) is 0 Å². The molecule has 4 aromatic carbocycles. The van der Waals surface area contributed by atoms with Crippen molar-refractivity contribution < 1.29 is 87.8 Å². The van der Waals surface area contributed by atoms with Crippen molar-refractivity contribution in [1.82, 2.24) is 0 Å². The zero-order valence-corrected chi connectivity index (χ0v) is 26.8. The SMILES string of the molecule is CCCCCC[PH3+].Fc1c(F)c(F)c([B-](c2c(F)c(F)c(F)c(F)c2F)(c2c(F)c(F)c(F)c(F)c2F)c2c(F)c(F)c(F)c(F)c2F)c(F)c1F. The van der Waals surface area contributed by atoms with Gasteiger partial charge in [-0.25, -0.2) is 87.8 Å². The Morgan fingerprint density at radius 1 is 0.288 bits per heavy atom. The Hall–Kier alpha value is -4.03. The van der Waals surface area contributed by atoms with Gasteiger partial charge in [0.05, 0.1) is 6.16 Å². The molecule has 0 heterocycles. The van der Waals surface area contributed by atoms with Crippen LogP contribution in [0.5, 0.6) is 0 Å². The van der Waals surface area contributed by atoms with E-state index in [1.165, 1.54) is 31.8 Å². The minimum absolute atomic E-state index is 1.36. The van der Waals surface area contributed by atoms with Gasteiger partial charge >= 0.3 is 0 Å². The molecule has 0 N–H and O–H groups in total. The van der Waals surface area contributed by atoms with Crippen molar-refractivity contribution in [1.29, 1.82) is 0 Å². The van der Waals surface area contributed by atoms with E-state index >= 15 is 35.1 Å². The van der Waals surface area contributed by atoms with Crippen molar-refractivity contribution >= 4 is 37.2 Å². The maximum absolute atomic E-state index is 15.4. The molecule has 0 radical (unpaired) electrons. The van der Waals surface area contributed by atoms with E-state index in [4.69, 9.17) is 0 Å². The number of rotatable bonds is 8. The van der Waals surface area contributed by atoms with Crippen LogP contribution in [0, 0.1) is 116 Å². The highest BCUT2D eigenvalue weighted by Gasteiger charge is 2.52. The first-order chi connectivity index (χ1) is 24.1. The van der Waals surface area contributed by atoms with Crippen LogP contribution in [0.25, 0.3) is 0 Å². The molecule has 0 aliphatic carbocycles. The third-order valence-electron chi connectivity index (χ3n) is 7.81. The zero-order valence-electron chi connectivity index (χ0n) is 25.4. The lowest BCUT2D eigenvalue weighted by molar-refractivity contribution is 0.378. The predicted molar refractivity (Wildman–Crippen MR) is 149 cm³/mol. The molecule has 0 saturated heterocycles. The van der Waals surface area contributed by atoms with Crippen molar-refractivity contribution in [2.24, 2.45) is 0 Å². The third kappa shape index (κ3) is 6.46. The molecule has 0 aliphatic heterocycles. The summed E-state index contributed by atoms with van der Waals surface area (Å²) in [5.74, 6) is -71.4. The molecule has 284 valence electrons. The van der Waals surface area contributed by atoms with Crippen LogP contribution in [-0.2, 0) is 0 Å². The van der Waals surface area contributed by atoms with Gasteiger partial charge in [-0.1, -0.05) is 19.8 Å². The quantitative estimate of drug-likeness (QED) is 0.0424. The molecule has 0 saturated carbocycles. The van der Waals surface area contributed by atoms with Crippen LogP contribution < -0.4 is 21.9 Å². The summed E-state index contributed by atoms with van der Waals surface area (Å²) in [7, 11) is 2.08. The molecular formula is C30H16BF20P. The molecule has 1 unspecified atom stereocenters. The maximum Gasteiger partial charge on any atom is 0.200 e. The Kier molecular flexibility index (Phi) is 13.0. The second-order valence-corrected chi connectivity index (χ2v) is 11.4. The van der Waals surface area contributed by atoms with Gasteiger partial charge in [-0.05, 0) is 22.1 Å². The van der Waals surface area contributed by atoms with Crippen LogP contribution in [0.2, 0.25) is 0 Å². The van der Waals surface area contributed by atoms with E-state index in [1.54, 1.807) is 0 Å². The van der Waals surface area contributed by atoms with Crippen molar-refractivity contribution in [3.8, 4) is 0 Å². The monoisotopic (exact) mass is 798 g/mol.